The molecule has 2 fully saturated rings. The molecule has 1 amide bonds. The van der Waals surface area contributed by atoms with Crippen molar-refractivity contribution in [3.8, 4) is 0 Å². The molecule has 2 atom stereocenters. The Morgan fingerprint density at radius 1 is 1.28 bits per heavy atom. The largest absolute Gasteiger partial charge is 0.481 e. The van der Waals surface area contributed by atoms with Crippen LogP contribution in [0.4, 0.5) is 13.2 Å². The van der Waals surface area contributed by atoms with Crippen molar-refractivity contribution in [2.24, 2.45) is 11.3 Å². The first-order valence-electron chi connectivity index (χ1n) is 5.87. The molecule has 1 heterocycles. The Bertz CT molecular complexity index is 382. The predicted octanol–water partition coefficient (Wildman–Crippen LogP) is 1.65. The molecule has 0 aromatic heterocycles. The van der Waals surface area contributed by atoms with Crippen LogP contribution in [0.2, 0.25) is 0 Å². The van der Waals surface area contributed by atoms with E-state index in [1.165, 1.54) is 0 Å². The van der Waals surface area contributed by atoms with Gasteiger partial charge in [0.05, 0.1) is 5.41 Å². The van der Waals surface area contributed by atoms with Crippen LogP contribution in [0.15, 0.2) is 0 Å². The van der Waals surface area contributed by atoms with Crippen molar-refractivity contribution < 1.29 is 27.9 Å². The fourth-order valence-corrected chi connectivity index (χ4v) is 2.79. The minimum Gasteiger partial charge on any atom is -0.481 e. The van der Waals surface area contributed by atoms with Crippen molar-refractivity contribution in [3.63, 3.8) is 0 Å². The summed E-state index contributed by atoms with van der Waals surface area (Å²) in [4.78, 5) is 23.0. The Balaban J connectivity index is 2.05. The van der Waals surface area contributed by atoms with E-state index in [4.69, 9.17) is 5.11 Å². The maximum atomic E-state index is 12.3. The summed E-state index contributed by atoms with van der Waals surface area (Å²) < 4.78 is 37.0. The maximum Gasteiger partial charge on any atom is 0.471 e. The summed E-state index contributed by atoms with van der Waals surface area (Å²) in [6.07, 6.45) is -3.22. The van der Waals surface area contributed by atoms with Gasteiger partial charge in [-0.05, 0) is 31.6 Å². The third kappa shape index (κ3) is 2.18. The zero-order chi connectivity index (χ0) is 13.6. The van der Waals surface area contributed by atoms with E-state index in [1.807, 2.05) is 0 Å². The highest BCUT2D eigenvalue weighted by molar-refractivity contribution is 5.82. The van der Waals surface area contributed by atoms with Crippen LogP contribution in [0.25, 0.3) is 0 Å². The zero-order valence-electron chi connectivity index (χ0n) is 9.66. The summed E-state index contributed by atoms with van der Waals surface area (Å²) >= 11 is 0. The van der Waals surface area contributed by atoms with Gasteiger partial charge in [0.1, 0.15) is 0 Å². The van der Waals surface area contributed by atoms with Gasteiger partial charge in [0.25, 0.3) is 0 Å². The molecule has 0 aromatic carbocycles. The van der Waals surface area contributed by atoms with Gasteiger partial charge in [0.2, 0.25) is 0 Å². The molecule has 4 nitrogen and oxygen atoms in total. The predicted molar refractivity (Wildman–Crippen MR) is 54.7 cm³/mol. The average Bonchev–Trinajstić information content (AvgIpc) is 2.90. The lowest BCUT2D eigenvalue weighted by molar-refractivity contribution is -0.186. The molecule has 1 saturated heterocycles. The molecule has 0 radical (unpaired) electrons. The first kappa shape index (κ1) is 13.2. The number of nitrogens with zero attached hydrogens (tertiary/aromatic N) is 1. The third-order valence-electron chi connectivity index (χ3n) is 4.00. The Labute approximate surface area is 102 Å². The normalized spacial score (nSPS) is 32.2. The van der Waals surface area contributed by atoms with Crippen molar-refractivity contribution >= 4 is 11.9 Å². The van der Waals surface area contributed by atoms with Gasteiger partial charge in [-0.2, -0.15) is 13.2 Å². The van der Waals surface area contributed by atoms with Gasteiger partial charge in [-0.1, -0.05) is 0 Å². The Kier molecular flexibility index (Phi) is 3.03. The summed E-state index contributed by atoms with van der Waals surface area (Å²) in [6.45, 7) is -0.0638. The van der Waals surface area contributed by atoms with Crippen LogP contribution < -0.4 is 0 Å². The molecular formula is C11H14F3NO3. The van der Waals surface area contributed by atoms with Gasteiger partial charge >= 0.3 is 18.1 Å². The van der Waals surface area contributed by atoms with Gasteiger partial charge in [-0.15, -0.1) is 0 Å². The highest BCUT2D eigenvalue weighted by atomic mass is 19.4. The molecule has 7 heteroatoms. The lowest BCUT2D eigenvalue weighted by atomic mass is 9.95. The standard InChI is InChI=1S/C11H14F3NO3/c12-11(13,14)8(16)15-4-1-2-7-6-10(7,3-5-15)9(17)18/h7H,1-6H2,(H,17,18). The van der Waals surface area contributed by atoms with Gasteiger partial charge in [0, 0.05) is 13.1 Å². The number of fused-ring (bicyclic) bond motifs is 1. The quantitative estimate of drug-likeness (QED) is 0.784. The number of hydrogen-bond donors (Lipinski definition) is 1. The third-order valence-corrected chi connectivity index (χ3v) is 4.00. The van der Waals surface area contributed by atoms with Crippen LogP contribution in [0.5, 0.6) is 0 Å². The van der Waals surface area contributed by atoms with Crippen LogP contribution in [0.1, 0.15) is 25.7 Å². The number of amides is 1. The van der Waals surface area contributed by atoms with E-state index >= 15 is 0 Å². The first-order valence-corrected chi connectivity index (χ1v) is 5.87. The number of aliphatic carboxylic acids is 1. The topological polar surface area (TPSA) is 57.6 Å². The maximum absolute atomic E-state index is 12.3. The molecule has 2 rings (SSSR count). The number of hydrogen-bond acceptors (Lipinski definition) is 2. The number of carboxylic acid groups (broad SMARTS) is 1. The van der Waals surface area contributed by atoms with Crippen LogP contribution in [-0.2, 0) is 9.59 Å². The monoisotopic (exact) mass is 265 g/mol. The SMILES string of the molecule is O=C(N1CCCC2CC2(C(=O)O)CC1)C(F)(F)F. The highest BCUT2D eigenvalue weighted by Crippen LogP contribution is 2.58. The number of rotatable bonds is 1. The minimum atomic E-state index is -4.88. The number of likely N-dealkylation sites (tertiary alicyclic amines) is 1. The van der Waals surface area contributed by atoms with Gasteiger partial charge in [0.15, 0.2) is 0 Å². The van der Waals surface area contributed by atoms with Crippen molar-refractivity contribution in [3.05, 3.63) is 0 Å². The Hall–Kier alpha value is -1.27. The van der Waals surface area contributed by atoms with E-state index in [-0.39, 0.29) is 25.4 Å². The van der Waals surface area contributed by atoms with Crippen molar-refractivity contribution in [1.82, 2.24) is 4.90 Å². The van der Waals surface area contributed by atoms with E-state index in [9.17, 15) is 22.8 Å². The second-order valence-corrected chi connectivity index (χ2v) is 5.04. The summed E-state index contributed by atoms with van der Waals surface area (Å²) in [7, 11) is 0. The van der Waals surface area contributed by atoms with Crippen LogP contribution >= 0.6 is 0 Å². The summed E-state index contributed by atoms with van der Waals surface area (Å²) in [5.74, 6) is -2.74. The number of alkyl halides is 3. The molecule has 2 unspecified atom stereocenters. The molecule has 1 aliphatic heterocycles. The molecule has 1 aliphatic carbocycles. The molecule has 18 heavy (non-hydrogen) atoms. The molecule has 2 aliphatic rings. The zero-order valence-corrected chi connectivity index (χ0v) is 9.66. The lowest BCUT2D eigenvalue weighted by Gasteiger charge is -2.27. The first-order chi connectivity index (χ1) is 8.27. The molecular weight excluding hydrogens is 251 g/mol. The van der Waals surface area contributed by atoms with E-state index < -0.39 is 23.5 Å². The number of halogens is 3. The van der Waals surface area contributed by atoms with E-state index in [0.717, 1.165) is 4.90 Å². The molecule has 0 bridgehead atoms. The molecule has 0 spiro atoms. The minimum absolute atomic E-state index is 0.0601. The summed E-state index contributed by atoms with van der Waals surface area (Å²) in [5, 5.41) is 9.12. The fourth-order valence-electron chi connectivity index (χ4n) is 2.79. The van der Waals surface area contributed by atoms with Crippen LogP contribution in [-0.4, -0.2) is 41.1 Å². The highest BCUT2D eigenvalue weighted by Gasteiger charge is 2.60. The Morgan fingerprint density at radius 2 is 1.94 bits per heavy atom. The number of carboxylic acids is 1. The van der Waals surface area contributed by atoms with E-state index in [2.05, 4.69) is 0 Å². The van der Waals surface area contributed by atoms with Crippen molar-refractivity contribution in [1.29, 1.82) is 0 Å². The average molecular weight is 265 g/mol. The van der Waals surface area contributed by atoms with Crippen molar-refractivity contribution in [2.45, 2.75) is 31.9 Å². The van der Waals surface area contributed by atoms with Gasteiger partial charge in [-0.3, -0.25) is 9.59 Å². The molecule has 102 valence electrons. The van der Waals surface area contributed by atoms with Gasteiger partial charge in [-0.25, -0.2) is 0 Å². The summed E-state index contributed by atoms with van der Waals surface area (Å²) in [6, 6.07) is 0. The van der Waals surface area contributed by atoms with Gasteiger partial charge < -0.3 is 10.0 Å². The van der Waals surface area contributed by atoms with E-state index in [1.54, 1.807) is 0 Å². The molecule has 1 N–H and O–H groups in total. The smallest absolute Gasteiger partial charge is 0.471 e. The molecule has 0 aromatic rings. The second kappa shape index (κ2) is 4.13. The number of carbonyl (C=O) groups excluding carboxylic acids is 1. The summed E-state index contributed by atoms with van der Waals surface area (Å²) in [5.41, 5.74) is -0.884. The second-order valence-electron chi connectivity index (χ2n) is 5.04. The number of carbonyl (C=O) groups is 2. The lowest BCUT2D eigenvalue weighted by Crippen LogP contribution is -2.44. The molecule has 1 saturated carbocycles. The van der Waals surface area contributed by atoms with Crippen molar-refractivity contribution in [2.75, 3.05) is 13.1 Å². The van der Waals surface area contributed by atoms with Crippen LogP contribution in [0, 0.1) is 11.3 Å². The van der Waals surface area contributed by atoms with E-state index in [0.29, 0.717) is 19.3 Å². The van der Waals surface area contributed by atoms with Crippen LogP contribution in [0.3, 0.4) is 0 Å². The fraction of sp³-hybridized carbons (Fsp3) is 0.818. The Morgan fingerprint density at radius 3 is 2.50 bits per heavy atom.